The van der Waals surface area contributed by atoms with Crippen LogP contribution in [0.25, 0.3) is 0 Å². The molecule has 1 heterocycles. The zero-order chi connectivity index (χ0) is 19.2. The molecule has 1 aliphatic rings. The predicted octanol–water partition coefficient (Wildman–Crippen LogP) is 1.96. The highest BCUT2D eigenvalue weighted by molar-refractivity contribution is 14.0. The third-order valence-electron chi connectivity index (χ3n) is 4.71. The van der Waals surface area contributed by atoms with Crippen molar-refractivity contribution < 1.29 is 13.2 Å². The third kappa shape index (κ3) is 7.46. The van der Waals surface area contributed by atoms with Gasteiger partial charge in [-0.05, 0) is 37.3 Å². The number of halogens is 1. The number of hydrogen-bond acceptors (Lipinski definition) is 4. The van der Waals surface area contributed by atoms with Gasteiger partial charge in [-0.1, -0.05) is 12.1 Å². The van der Waals surface area contributed by atoms with Crippen molar-refractivity contribution in [2.75, 3.05) is 40.0 Å². The average Bonchev–Trinajstić information content (AvgIpc) is 2.62. The van der Waals surface area contributed by atoms with E-state index in [1.165, 1.54) is 6.26 Å². The molecule has 2 N–H and O–H groups in total. The van der Waals surface area contributed by atoms with Gasteiger partial charge in [-0.25, -0.2) is 12.7 Å². The van der Waals surface area contributed by atoms with Gasteiger partial charge < -0.3 is 15.4 Å². The van der Waals surface area contributed by atoms with Crippen molar-refractivity contribution in [2.45, 2.75) is 26.3 Å². The second-order valence-electron chi connectivity index (χ2n) is 6.73. The van der Waals surface area contributed by atoms with Crippen LogP contribution < -0.4 is 15.4 Å². The van der Waals surface area contributed by atoms with Crippen LogP contribution in [-0.2, 0) is 16.6 Å². The zero-order valence-corrected chi connectivity index (χ0v) is 19.6. The van der Waals surface area contributed by atoms with Gasteiger partial charge in [-0.3, -0.25) is 4.99 Å². The molecule has 0 bridgehead atoms. The van der Waals surface area contributed by atoms with Gasteiger partial charge in [0.15, 0.2) is 5.96 Å². The second kappa shape index (κ2) is 11.1. The van der Waals surface area contributed by atoms with Crippen molar-refractivity contribution in [3.63, 3.8) is 0 Å². The highest BCUT2D eigenvalue weighted by atomic mass is 127. The van der Waals surface area contributed by atoms with E-state index in [1.54, 1.807) is 18.5 Å². The Bertz CT molecular complexity index is 732. The van der Waals surface area contributed by atoms with E-state index in [1.807, 2.05) is 13.0 Å². The fourth-order valence-electron chi connectivity index (χ4n) is 3.08. The molecule has 7 nitrogen and oxygen atoms in total. The molecule has 0 unspecified atom stereocenters. The molecule has 0 aliphatic carbocycles. The van der Waals surface area contributed by atoms with Crippen molar-refractivity contribution in [3.05, 3.63) is 29.3 Å². The van der Waals surface area contributed by atoms with E-state index in [4.69, 9.17) is 4.74 Å². The number of ether oxygens (including phenoxy) is 1. The van der Waals surface area contributed by atoms with E-state index in [0.717, 1.165) is 42.2 Å². The zero-order valence-electron chi connectivity index (χ0n) is 16.5. The molecule has 1 fully saturated rings. The Labute approximate surface area is 180 Å². The maximum Gasteiger partial charge on any atom is 0.211 e. The molecule has 1 aliphatic heterocycles. The SMILES string of the molecule is CN=C(NCc1ccc(C)cc1OC)NCC1CCN(S(C)(=O)=O)CC1.I. The number of rotatable bonds is 6. The van der Waals surface area contributed by atoms with Crippen LogP contribution in [0.3, 0.4) is 0 Å². The molecule has 0 radical (unpaired) electrons. The predicted molar refractivity (Wildman–Crippen MR) is 120 cm³/mol. The standard InChI is InChI=1S/C18H30N4O3S.HI/c1-14-5-6-16(17(11-14)25-3)13-21-18(19-2)20-12-15-7-9-22(10-8-15)26(4,23)24;/h5-6,11,15H,7-10,12-13H2,1-4H3,(H2,19,20,21);1H. The van der Waals surface area contributed by atoms with Gasteiger partial charge in [0.1, 0.15) is 5.75 Å². The number of nitrogens with one attached hydrogen (secondary N) is 2. The number of nitrogens with zero attached hydrogens (tertiary/aromatic N) is 2. The fraction of sp³-hybridized carbons (Fsp3) is 0.611. The highest BCUT2D eigenvalue weighted by Crippen LogP contribution is 2.20. The summed E-state index contributed by atoms with van der Waals surface area (Å²) < 4.78 is 30.1. The van der Waals surface area contributed by atoms with Crippen LogP contribution in [0.15, 0.2) is 23.2 Å². The number of hydrogen-bond donors (Lipinski definition) is 2. The summed E-state index contributed by atoms with van der Waals surface area (Å²) in [6.07, 6.45) is 3.00. The fourth-order valence-corrected chi connectivity index (χ4v) is 3.96. The van der Waals surface area contributed by atoms with Gasteiger partial charge in [0.05, 0.1) is 13.4 Å². The summed E-state index contributed by atoms with van der Waals surface area (Å²) in [5.41, 5.74) is 2.23. The molecular formula is C18H31IN4O3S. The first kappa shape index (κ1) is 24.0. The summed E-state index contributed by atoms with van der Waals surface area (Å²) in [6.45, 7) is 4.63. The highest BCUT2D eigenvalue weighted by Gasteiger charge is 2.24. The van der Waals surface area contributed by atoms with Gasteiger partial charge in [0, 0.05) is 38.8 Å². The number of aryl methyl sites for hydroxylation is 1. The van der Waals surface area contributed by atoms with E-state index in [-0.39, 0.29) is 24.0 Å². The van der Waals surface area contributed by atoms with Gasteiger partial charge in [0.2, 0.25) is 10.0 Å². The first-order chi connectivity index (χ1) is 12.3. The average molecular weight is 510 g/mol. The summed E-state index contributed by atoms with van der Waals surface area (Å²) in [4.78, 5) is 4.26. The molecule has 0 amide bonds. The van der Waals surface area contributed by atoms with Crippen LogP contribution in [0.2, 0.25) is 0 Å². The Hall–Kier alpha value is -1.07. The minimum absolute atomic E-state index is 0. The molecule has 1 aromatic rings. The normalized spacial score (nSPS) is 16.5. The Morgan fingerprint density at radius 2 is 1.96 bits per heavy atom. The van der Waals surface area contributed by atoms with E-state index in [0.29, 0.717) is 25.6 Å². The first-order valence-electron chi connectivity index (χ1n) is 8.86. The maximum absolute atomic E-state index is 11.6. The van der Waals surface area contributed by atoms with Crippen molar-refractivity contribution in [3.8, 4) is 5.75 Å². The Morgan fingerprint density at radius 1 is 1.30 bits per heavy atom. The van der Waals surface area contributed by atoms with Gasteiger partial charge in [-0.2, -0.15) is 0 Å². The number of sulfonamides is 1. The van der Waals surface area contributed by atoms with Gasteiger partial charge in [-0.15, -0.1) is 24.0 Å². The van der Waals surface area contributed by atoms with Crippen molar-refractivity contribution in [1.82, 2.24) is 14.9 Å². The molecule has 0 saturated carbocycles. The molecular weight excluding hydrogens is 479 g/mol. The Morgan fingerprint density at radius 3 is 2.52 bits per heavy atom. The lowest BCUT2D eigenvalue weighted by Gasteiger charge is -2.30. The number of guanidine groups is 1. The topological polar surface area (TPSA) is 83.0 Å². The minimum atomic E-state index is -3.07. The maximum atomic E-state index is 11.6. The Kier molecular flexibility index (Phi) is 9.82. The van der Waals surface area contributed by atoms with Crippen LogP contribution in [0.4, 0.5) is 0 Å². The molecule has 0 aromatic heterocycles. The smallest absolute Gasteiger partial charge is 0.211 e. The second-order valence-corrected chi connectivity index (χ2v) is 8.71. The summed E-state index contributed by atoms with van der Waals surface area (Å²) >= 11 is 0. The minimum Gasteiger partial charge on any atom is -0.496 e. The largest absolute Gasteiger partial charge is 0.496 e. The molecule has 27 heavy (non-hydrogen) atoms. The molecule has 154 valence electrons. The molecule has 2 rings (SSSR count). The van der Waals surface area contributed by atoms with Gasteiger partial charge >= 0.3 is 0 Å². The van der Waals surface area contributed by atoms with Crippen LogP contribution in [0, 0.1) is 12.8 Å². The van der Waals surface area contributed by atoms with E-state index in [2.05, 4.69) is 27.8 Å². The summed E-state index contributed by atoms with van der Waals surface area (Å²) in [5.74, 6) is 2.04. The van der Waals surface area contributed by atoms with E-state index < -0.39 is 10.0 Å². The van der Waals surface area contributed by atoms with Gasteiger partial charge in [0.25, 0.3) is 0 Å². The summed E-state index contributed by atoms with van der Waals surface area (Å²) in [5, 5.41) is 6.65. The van der Waals surface area contributed by atoms with E-state index in [9.17, 15) is 8.42 Å². The lowest BCUT2D eigenvalue weighted by atomic mass is 9.98. The molecule has 1 aromatic carbocycles. The third-order valence-corrected chi connectivity index (χ3v) is 6.02. The van der Waals surface area contributed by atoms with Crippen molar-refractivity contribution >= 4 is 40.0 Å². The number of piperidine rings is 1. The van der Waals surface area contributed by atoms with Crippen LogP contribution >= 0.6 is 24.0 Å². The quantitative estimate of drug-likeness (QED) is 0.348. The summed E-state index contributed by atoms with van der Waals surface area (Å²) in [6, 6.07) is 6.13. The van der Waals surface area contributed by atoms with Crippen molar-refractivity contribution in [2.24, 2.45) is 10.9 Å². The van der Waals surface area contributed by atoms with E-state index >= 15 is 0 Å². The molecule has 0 spiro atoms. The van der Waals surface area contributed by atoms with Crippen molar-refractivity contribution in [1.29, 1.82) is 0 Å². The monoisotopic (exact) mass is 510 g/mol. The molecule has 9 heteroatoms. The number of aliphatic imine (C=N–C) groups is 1. The first-order valence-corrected chi connectivity index (χ1v) is 10.7. The Balaban J connectivity index is 0.00000364. The van der Waals surface area contributed by atoms with Crippen LogP contribution in [0.1, 0.15) is 24.0 Å². The van der Waals surface area contributed by atoms with Crippen LogP contribution in [-0.4, -0.2) is 58.7 Å². The number of benzene rings is 1. The summed E-state index contributed by atoms with van der Waals surface area (Å²) in [7, 11) is 0.350. The number of methoxy groups -OCH3 is 1. The molecule has 1 saturated heterocycles. The lowest BCUT2D eigenvalue weighted by molar-refractivity contribution is 0.275. The van der Waals surface area contributed by atoms with Crippen LogP contribution in [0.5, 0.6) is 5.75 Å². The molecule has 0 atom stereocenters. The lowest BCUT2D eigenvalue weighted by Crippen LogP contribution is -2.43.